The third-order valence-electron chi connectivity index (χ3n) is 4.32. The number of carbonyl (C=O) groups excluding carboxylic acids is 2. The molecule has 1 amide bonds. The van der Waals surface area contributed by atoms with E-state index in [9.17, 15) is 19.5 Å². The number of aliphatic carboxylic acids is 1. The molecule has 1 atom stereocenters. The molecule has 1 aliphatic rings. The third kappa shape index (κ3) is 3.39. The van der Waals surface area contributed by atoms with Crippen molar-refractivity contribution in [3.63, 3.8) is 0 Å². The summed E-state index contributed by atoms with van der Waals surface area (Å²) in [5, 5.41) is 19.9. The van der Waals surface area contributed by atoms with Crippen molar-refractivity contribution in [3.05, 3.63) is 71.3 Å². The molecule has 1 fully saturated rings. The minimum atomic E-state index is -1.25. The normalized spacial score (nSPS) is 18.6. The van der Waals surface area contributed by atoms with Crippen molar-refractivity contribution < 1.29 is 29.3 Å². The van der Waals surface area contributed by atoms with Crippen molar-refractivity contribution in [3.8, 4) is 5.75 Å². The van der Waals surface area contributed by atoms with Gasteiger partial charge < -0.3 is 19.8 Å². The average Bonchev–Trinajstić information content (AvgIpc) is 2.92. The summed E-state index contributed by atoms with van der Waals surface area (Å²) in [5.74, 6) is -2.91. The molecule has 1 unspecified atom stereocenters. The predicted octanol–water partition coefficient (Wildman–Crippen LogP) is 2.20. The molecule has 2 aromatic rings. The first kappa shape index (κ1) is 18.2. The van der Waals surface area contributed by atoms with E-state index in [0.29, 0.717) is 16.9 Å². The highest BCUT2D eigenvalue weighted by atomic mass is 16.5. The molecule has 0 bridgehead atoms. The summed E-state index contributed by atoms with van der Waals surface area (Å²) in [6.45, 7) is -0.660. The summed E-state index contributed by atoms with van der Waals surface area (Å²) in [4.78, 5) is 37.2. The van der Waals surface area contributed by atoms with Crippen LogP contribution in [-0.2, 0) is 14.4 Å². The Kier molecular flexibility index (Phi) is 4.94. The number of amides is 1. The second-order valence-corrected chi connectivity index (χ2v) is 5.96. The predicted molar refractivity (Wildman–Crippen MR) is 96.1 cm³/mol. The number of Topliss-reactive ketones (excluding diaryl/α,β-unsaturated/α-hetero) is 1. The highest BCUT2D eigenvalue weighted by Gasteiger charge is 2.46. The Labute approximate surface area is 155 Å². The lowest BCUT2D eigenvalue weighted by Gasteiger charge is -2.23. The molecule has 1 heterocycles. The summed E-state index contributed by atoms with van der Waals surface area (Å²) < 4.78 is 5.11. The van der Waals surface area contributed by atoms with E-state index in [1.165, 1.54) is 7.11 Å². The number of hydrogen-bond acceptors (Lipinski definition) is 5. The Morgan fingerprint density at radius 2 is 1.67 bits per heavy atom. The average molecular weight is 367 g/mol. The standard InChI is InChI=1S/C20H17NO6/c1-27-14-9-7-12(8-10-14)17-16(18(24)13-5-3-2-4-6-13)19(25)20(26)21(17)11-15(22)23/h2-10,17,24H,11H2,1H3,(H,22,23)/b18-16-. The molecule has 0 aliphatic carbocycles. The molecule has 2 aromatic carbocycles. The molecule has 7 heteroatoms. The second kappa shape index (κ2) is 7.33. The van der Waals surface area contributed by atoms with Crippen molar-refractivity contribution in [2.24, 2.45) is 0 Å². The van der Waals surface area contributed by atoms with E-state index in [-0.39, 0.29) is 11.3 Å². The first-order valence-corrected chi connectivity index (χ1v) is 8.13. The van der Waals surface area contributed by atoms with E-state index in [1.807, 2.05) is 0 Å². The summed E-state index contributed by atoms with van der Waals surface area (Å²) in [7, 11) is 1.50. The van der Waals surface area contributed by atoms with E-state index in [0.717, 1.165) is 4.90 Å². The van der Waals surface area contributed by atoms with Gasteiger partial charge in [0.15, 0.2) is 0 Å². The fraction of sp³-hybridized carbons (Fsp3) is 0.150. The van der Waals surface area contributed by atoms with Crippen LogP contribution in [0.15, 0.2) is 60.2 Å². The minimum absolute atomic E-state index is 0.141. The monoisotopic (exact) mass is 367 g/mol. The summed E-state index contributed by atoms with van der Waals surface area (Å²) in [5.41, 5.74) is 0.718. The highest BCUT2D eigenvalue weighted by Crippen LogP contribution is 2.39. The number of ketones is 1. The smallest absolute Gasteiger partial charge is 0.323 e. The van der Waals surface area contributed by atoms with Crippen LogP contribution in [0, 0.1) is 0 Å². The van der Waals surface area contributed by atoms with Gasteiger partial charge in [0.1, 0.15) is 18.1 Å². The number of benzene rings is 2. The zero-order valence-corrected chi connectivity index (χ0v) is 14.5. The van der Waals surface area contributed by atoms with E-state index < -0.39 is 30.2 Å². The number of likely N-dealkylation sites (tertiary alicyclic amines) is 1. The van der Waals surface area contributed by atoms with Crippen LogP contribution in [0.5, 0.6) is 5.75 Å². The fourth-order valence-corrected chi connectivity index (χ4v) is 3.07. The number of rotatable bonds is 5. The van der Waals surface area contributed by atoms with Crippen LogP contribution in [-0.4, -0.2) is 46.4 Å². The van der Waals surface area contributed by atoms with Crippen LogP contribution in [0.4, 0.5) is 0 Å². The fourth-order valence-electron chi connectivity index (χ4n) is 3.07. The molecule has 1 aliphatic heterocycles. The number of aliphatic hydroxyl groups excluding tert-OH is 1. The zero-order chi connectivity index (χ0) is 19.6. The molecule has 138 valence electrons. The van der Waals surface area contributed by atoms with Crippen molar-refractivity contribution >= 4 is 23.4 Å². The van der Waals surface area contributed by atoms with Gasteiger partial charge >= 0.3 is 5.97 Å². The quantitative estimate of drug-likeness (QED) is 0.477. The molecule has 0 saturated carbocycles. The Morgan fingerprint density at radius 1 is 1.04 bits per heavy atom. The molecule has 2 N–H and O–H groups in total. The SMILES string of the molecule is COc1ccc(C2/C(=C(/O)c3ccccc3)C(=O)C(=O)N2CC(=O)O)cc1. The van der Waals surface area contributed by atoms with Gasteiger partial charge in [-0.05, 0) is 17.7 Å². The maximum absolute atomic E-state index is 12.6. The largest absolute Gasteiger partial charge is 0.507 e. The number of hydrogen-bond donors (Lipinski definition) is 2. The molecule has 7 nitrogen and oxygen atoms in total. The van der Waals surface area contributed by atoms with Crippen LogP contribution in [0.25, 0.3) is 5.76 Å². The van der Waals surface area contributed by atoms with E-state index >= 15 is 0 Å². The number of methoxy groups -OCH3 is 1. The molecular weight excluding hydrogens is 350 g/mol. The minimum Gasteiger partial charge on any atom is -0.507 e. The summed E-state index contributed by atoms with van der Waals surface area (Å²) in [6, 6.07) is 13.8. The number of aliphatic hydroxyl groups is 1. The summed E-state index contributed by atoms with van der Waals surface area (Å²) >= 11 is 0. The molecule has 0 radical (unpaired) electrons. The van der Waals surface area contributed by atoms with Crippen LogP contribution >= 0.6 is 0 Å². The Morgan fingerprint density at radius 3 is 2.22 bits per heavy atom. The van der Waals surface area contributed by atoms with Gasteiger partial charge in [-0.3, -0.25) is 14.4 Å². The van der Waals surface area contributed by atoms with Crippen LogP contribution in [0.3, 0.4) is 0 Å². The van der Waals surface area contributed by atoms with E-state index in [2.05, 4.69) is 0 Å². The first-order chi connectivity index (χ1) is 12.9. The van der Waals surface area contributed by atoms with Crippen LogP contribution in [0.2, 0.25) is 0 Å². The molecular formula is C20H17NO6. The van der Waals surface area contributed by atoms with Crippen molar-refractivity contribution in [1.29, 1.82) is 0 Å². The maximum Gasteiger partial charge on any atom is 0.323 e. The van der Waals surface area contributed by atoms with Gasteiger partial charge in [0, 0.05) is 5.56 Å². The number of carboxylic acid groups (broad SMARTS) is 1. The zero-order valence-electron chi connectivity index (χ0n) is 14.5. The van der Waals surface area contributed by atoms with Gasteiger partial charge in [0.2, 0.25) is 0 Å². The molecule has 27 heavy (non-hydrogen) atoms. The lowest BCUT2D eigenvalue weighted by Crippen LogP contribution is -2.34. The van der Waals surface area contributed by atoms with E-state index in [4.69, 9.17) is 9.84 Å². The van der Waals surface area contributed by atoms with Crippen molar-refractivity contribution in [1.82, 2.24) is 4.90 Å². The van der Waals surface area contributed by atoms with Gasteiger partial charge in [0.05, 0.1) is 18.7 Å². The van der Waals surface area contributed by atoms with Crippen molar-refractivity contribution in [2.75, 3.05) is 13.7 Å². The van der Waals surface area contributed by atoms with Gasteiger partial charge in [-0.2, -0.15) is 0 Å². The molecule has 0 aromatic heterocycles. The van der Waals surface area contributed by atoms with Crippen LogP contribution in [0.1, 0.15) is 17.2 Å². The second-order valence-electron chi connectivity index (χ2n) is 5.96. The molecule has 0 spiro atoms. The van der Waals surface area contributed by atoms with Gasteiger partial charge in [-0.25, -0.2) is 0 Å². The maximum atomic E-state index is 12.6. The molecule has 1 saturated heterocycles. The number of nitrogens with zero attached hydrogens (tertiary/aromatic N) is 1. The Bertz CT molecular complexity index is 917. The van der Waals surface area contributed by atoms with Gasteiger partial charge in [-0.1, -0.05) is 42.5 Å². The lowest BCUT2D eigenvalue weighted by molar-refractivity contribution is -0.146. The third-order valence-corrected chi connectivity index (χ3v) is 4.32. The van der Waals surface area contributed by atoms with Gasteiger partial charge in [-0.15, -0.1) is 0 Å². The Hall–Kier alpha value is -3.61. The molecule has 3 rings (SSSR count). The number of carboxylic acids is 1. The highest BCUT2D eigenvalue weighted by molar-refractivity contribution is 6.46. The van der Waals surface area contributed by atoms with Gasteiger partial charge in [0.25, 0.3) is 11.7 Å². The lowest BCUT2D eigenvalue weighted by atomic mass is 9.95. The number of carbonyl (C=O) groups is 3. The first-order valence-electron chi connectivity index (χ1n) is 8.13. The Balaban J connectivity index is 2.17. The topological polar surface area (TPSA) is 104 Å². The van der Waals surface area contributed by atoms with E-state index in [1.54, 1.807) is 54.6 Å². The summed E-state index contributed by atoms with van der Waals surface area (Å²) in [6.07, 6.45) is 0. The van der Waals surface area contributed by atoms with Crippen LogP contribution < -0.4 is 4.74 Å². The van der Waals surface area contributed by atoms with Crippen molar-refractivity contribution in [2.45, 2.75) is 6.04 Å². The number of ether oxygens (including phenoxy) is 1.